The average Bonchev–Trinajstić information content (AvgIpc) is 2.59. The predicted octanol–water partition coefficient (Wildman–Crippen LogP) is 0.820. The minimum Gasteiger partial charge on any atom is -0.440 e. The second kappa shape index (κ2) is 3.16. The van der Waals surface area contributed by atoms with Crippen molar-refractivity contribution in [2.45, 2.75) is 6.10 Å². The van der Waals surface area contributed by atoms with Gasteiger partial charge in [-0.05, 0) is 18.2 Å². The van der Waals surface area contributed by atoms with Crippen molar-refractivity contribution < 1.29 is 9.52 Å². The lowest BCUT2D eigenvalue weighted by Gasteiger charge is -2.00. The van der Waals surface area contributed by atoms with Crippen LogP contribution in [0.25, 0.3) is 11.1 Å². The van der Waals surface area contributed by atoms with E-state index >= 15 is 0 Å². The fourth-order valence-electron chi connectivity index (χ4n) is 1.17. The zero-order valence-electron chi connectivity index (χ0n) is 6.97. The number of hydrogen-bond donors (Lipinski definition) is 2. The van der Waals surface area contributed by atoms with Gasteiger partial charge in [-0.1, -0.05) is 0 Å². The minimum absolute atomic E-state index is 0.153. The molecule has 1 unspecified atom stereocenters. The molecule has 1 atom stereocenters. The molecule has 0 aliphatic heterocycles. The van der Waals surface area contributed by atoms with Crippen LogP contribution in [0, 0.1) is 0 Å². The first-order valence-corrected chi connectivity index (χ1v) is 4.04. The fraction of sp³-hybridized carbons (Fsp3) is 0.222. The van der Waals surface area contributed by atoms with Crippen LogP contribution in [0.3, 0.4) is 0 Å². The zero-order valence-corrected chi connectivity index (χ0v) is 6.97. The van der Waals surface area contributed by atoms with Crippen LogP contribution < -0.4 is 5.73 Å². The quantitative estimate of drug-likeness (QED) is 0.714. The third-order valence-electron chi connectivity index (χ3n) is 1.86. The number of nitrogens with two attached hydrogens (primary N) is 1. The van der Waals surface area contributed by atoms with E-state index in [0.29, 0.717) is 11.5 Å². The van der Waals surface area contributed by atoms with Gasteiger partial charge in [0.15, 0.2) is 0 Å². The molecule has 0 spiro atoms. The Hall–Kier alpha value is -1.39. The molecule has 0 amide bonds. The van der Waals surface area contributed by atoms with Crippen LogP contribution in [-0.2, 0) is 0 Å². The average molecular weight is 178 g/mol. The second-order valence-electron chi connectivity index (χ2n) is 2.80. The van der Waals surface area contributed by atoms with Gasteiger partial charge in [0.1, 0.15) is 11.9 Å². The molecule has 2 aromatic rings. The Balaban J connectivity index is 2.49. The molecule has 4 nitrogen and oxygen atoms in total. The molecule has 3 N–H and O–H groups in total. The summed E-state index contributed by atoms with van der Waals surface area (Å²) in [6.07, 6.45) is 0.902. The van der Waals surface area contributed by atoms with Crippen LogP contribution in [-0.4, -0.2) is 16.6 Å². The maximum absolute atomic E-state index is 9.38. The first-order chi connectivity index (χ1) is 6.31. The summed E-state index contributed by atoms with van der Waals surface area (Å²) in [6.45, 7) is 0.153. The monoisotopic (exact) mass is 178 g/mol. The number of rotatable bonds is 2. The smallest absolute Gasteiger partial charge is 0.226 e. The molecule has 0 aliphatic carbocycles. The lowest BCUT2D eigenvalue weighted by Crippen LogP contribution is -2.10. The number of aliphatic hydroxyl groups is 1. The van der Waals surface area contributed by atoms with Crippen LogP contribution >= 0.6 is 0 Å². The topological polar surface area (TPSA) is 72.3 Å². The Bertz CT molecular complexity index is 378. The summed E-state index contributed by atoms with van der Waals surface area (Å²) in [7, 11) is 0. The highest BCUT2D eigenvalue weighted by Gasteiger charge is 2.11. The van der Waals surface area contributed by atoms with E-state index in [1.165, 1.54) is 0 Å². The second-order valence-corrected chi connectivity index (χ2v) is 2.80. The van der Waals surface area contributed by atoms with E-state index in [1.54, 1.807) is 12.3 Å². The third-order valence-corrected chi connectivity index (χ3v) is 1.86. The van der Waals surface area contributed by atoms with Gasteiger partial charge in [0, 0.05) is 18.1 Å². The standard InChI is InChI=1S/C9H10N2O2/c10-5-7(12)8-4-6-2-1-3-11-9(6)13-8/h1-4,7,12H,5,10H2. The van der Waals surface area contributed by atoms with Crippen molar-refractivity contribution in [3.05, 3.63) is 30.2 Å². The Morgan fingerprint density at radius 1 is 1.62 bits per heavy atom. The molecule has 68 valence electrons. The first kappa shape index (κ1) is 8.22. The van der Waals surface area contributed by atoms with Crippen molar-refractivity contribution in [3.63, 3.8) is 0 Å². The summed E-state index contributed by atoms with van der Waals surface area (Å²) in [6, 6.07) is 5.44. The van der Waals surface area contributed by atoms with Crippen molar-refractivity contribution in [3.8, 4) is 0 Å². The van der Waals surface area contributed by atoms with E-state index in [-0.39, 0.29) is 6.54 Å². The number of fused-ring (bicyclic) bond motifs is 1. The van der Waals surface area contributed by atoms with Gasteiger partial charge in [-0.15, -0.1) is 0 Å². The molecule has 0 saturated heterocycles. The Morgan fingerprint density at radius 2 is 2.46 bits per heavy atom. The van der Waals surface area contributed by atoms with Crippen LogP contribution in [0.2, 0.25) is 0 Å². The molecular formula is C9H10N2O2. The molecule has 2 rings (SSSR count). The summed E-state index contributed by atoms with van der Waals surface area (Å²) in [5.41, 5.74) is 5.83. The fourth-order valence-corrected chi connectivity index (χ4v) is 1.17. The Labute approximate surface area is 75.0 Å². The number of aliphatic hydroxyl groups excluding tert-OH is 1. The van der Waals surface area contributed by atoms with Crippen molar-refractivity contribution in [1.29, 1.82) is 0 Å². The van der Waals surface area contributed by atoms with Crippen LogP contribution in [0.5, 0.6) is 0 Å². The molecule has 0 bridgehead atoms. The van der Waals surface area contributed by atoms with Gasteiger partial charge in [-0.3, -0.25) is 0 Å². The molecular weight excluding hydrogens is 168 g/mol. The highest BCUT2D eigenvalue weighted by atomic mass is 16.4. The van der Waals surface area contributed by atoms with Gasteiger partial charge in [0.2, 0.25) is 5.71 Å². The molecule has 4 heteroatoms. The van der Waals surface area contributed by atoms with Crippen molar-refractivity contribution >= 4 is 11.1 Å². The van der Waals surface area contributed by atoms with Crippen molar-refractivity contribution in [2.75, 3.05) is 6.54 Å². The summed E-state index contributed by atoms with van der Waals surface area (Å²) < 4.78 is 5.28. The van der Waals surface area contributed by atoms with E-state index in [2.05, 4.69) is 4.98 Å². The largest absolute Gasteiger partial charge is 0.440 e. The van der Waals surface area contributed by atoms with E-state index in [4.69, 9.17) is 10.2 Å². The Kier molecular flexibility index (Phi) is 2.00. The lowest BCUT2D eigenvalue weighted by molar-refractivity contribution is 0.160. The summed E-state index contributed by atoms with van der Waals surface area (Å²) >= 11 is 0. The highest BCUT2D eigenvalue weighted by Crippen LogP contribution is 2.21. The number of pyridine rings is 1. The van der Waals surface area contributed by atoms with E-state index < -0.39 is 6.10 Å². The maximum atomic E-state index is 9.38. The molecule has 0 fully saturated rings. The predicted molar refractivity (Wildman–Crippen MR) is 48.0 cm³/mol. The van der Waals surface area contributed by atoms with Crippen molar-refractivity contribution in [2.24, 2.45) is 5.73 Å². The van der Waals surface area contributed by atoms with Gasteiger partial charge in [-0.2, -0.15) is 0 Å². The first-order valence-electron chi connectivity index (χ1n) is 4.04. The van der Waals surface area contributed by atoms with Gasteiger partial charge in [-0.25, -0.2) is 4.98 Å². The number of aromatic nitrogens is 1. The van der Waals surface area contributed by atoms with E-state index in [0.717, 1.165) is 5.39 Å². The number of hydrogen-bond acceptors (Lipinski definition) is 4. The maximum Gasteiger partial charge on any atom is 0.226 e. The van der Waals surface area contributed by atoms with Crippen LogP contribution in [0.1, 0.15) is 11.9 Å². The van der Waals surface area contributed by atoms with E-state index in [1.807, 2.05) is 12.1 Å². The molecule has 2 heterocycles. The normalized spacial score (nSPS) is 13.4. The molecule has 0 saturated carbocycles. The van der Waals surface area contributed by atoms with Gasteiger partial charge in [0.25, 0.3) is 0 Å². The summed E-state index contributed by atoms with van der Waals surface area (Å²) in [4.78, 5) is 4.00. The highest BCUT2D eigenvalue weighted by molar-refractivity contribution is 5.73. The molecule has 0 radical (unpaired) electrons. The molecule has 13 heavy (non-hydrogen) atoms. The van der Waals surface area contributed by atoms with Crippen molar-refractivity contribution in [1.82, 2.24) is 4.98 Å². The van der Waals surface area contributed by atoms with Crippen LogP contribution in [0.15, 0.2) is 28.8 Å². The SMILES string of the molecule is NCC(O)c1cc2cccnc2o1. The number of nitrogens with zero attached hydrogens (tertiary/aromatic N) is 1. The molecule has 0 aromatic carbocycles. The molecule has 0 aliphatic rings. The Morgan fingerprint density at radius 3 is 3.15 bits per heavy atom. The van der Waals surface area contributed by atoms with Gasteiger partial charge in [0.05, 0.1) is 0 Å². The van der Waals surface area contributed by atoms with Gasteiger partial charge < -0.3 is 15.3 Å². The third kappa shape index (κ3) is 1.41. The lowest BCUT2D eigenvalue weighted by atomic mass is 10.2. The van der Waals surface area contributed by atoms with Gasteiger partial charge >= 0.3 is 0 Å². The molecule has 2 aromatic heterocycles. The summed E-state index contributed by atoms with van der Waals surface area (Å²) in [5, 5.41) is 10.3. The minimum atomic E-state index is -0.741. The summed E-state index contributed by atoms with van der Waals surface area (Å²) in [5.74, 6) is 0.469. The van der Waals surface area contributed by atoms with E-state index in [9.17, 15) is 5.11 Å². The van der Waals surface area contributed by atoms with Crippen LogP contribution in [0.4, 0.5) is 0 Å². The number of furan rings is 1. The zero-order chi connectivity index (χ0) is 9.26.